The Hall–Kier alpha value is -2.62. The highest BCUT2D eigenvalue weighted by molar-refractivity contribution is 5.79. The quantitative estimate of drug-likeness (QED) is 0.501. The molecule has 1 aliphatic heterocycles. The average Bonchev–Trinajstić information content (AvgIpc) is 3.31. The molecule has 1 saturated heterocycles. The number of ether oxygens (including phenoxy) is 1. The Morgan fingerprint density at radius 3 is 2.69 bits per heavy atom. The number of nitrogens with zero attached hydrogens (tertiary/aromatic N) is 6. The molecule has 9 nitrogen and oxygen atoms in total. The molecule has 1 aromatic carbocycles. The molecule has 4 rings (SSSR count). The molecule has 0 bridgehead atoms. The summed E-state index contributed by atoms with van der Waals surface area (Å²) >= 11 is 0. The molecular formula is C26H39N7O2. The van der Waals surface area contributed by atoms with E-state index in [1.54, 1.807) is 0 Å². The van der Waals surface area contributed by atoms with Crippen molar-refractivity contribution in [3.05, 3.63) is 51.6 Å². The summed E-state index contributed by atoms with van der Waals surface area (Å²) in [7, 11) is 0. The third kappa shape index (κ3) is 6.15. The van der Waals surface area contributed by atoms with E-state index in [-0.39, 0.29) is 17.1 Å². The van der Waals surface area contributed by atoms with Gasteiger partial charge in [0.2, 0.25) is 0 Å². The van der Waals surface area contributed by atoms with Crippen molar-refractivity contribution >= 4 is 10.9 Å². The second kappa shape index (κ2) is 11.0. The van der Waals surface area contributed by atoms with Gasteiger partial charge in [-0.25, -0.2) is 4.68 Å². The standard InChI is InChI=1S/C26H39N7O2/c1-6-23(24-28-29-30-33(24)26(3,4)5)32(11-7-10-31-12-14-35-15-13-31)18-21-17-20-16-19(2)8-9-22(20)27-25(21)34/h8-9,16-17,23H,6-7,10-15,18H2,1-5H3,(H,27,34). The maximum absolute atomic E-state index is 13.0. The molecular weight excluding hydrogens is 442 g/mol. The molecule has 0 aliphatic carbocycles. The Labute approximate surface area is 207 Å². The Morgan fingerprint density at radius 1 is 1.20 bits per heavy atom. The number of benzene rings is 1. The van der Waals surface area contributed by atoms with E-state index in [0.717, 1.165) is 74.5 Å². The van der Waals surface area contributed by atoms with Crippen LogP contribution in [0.2, 0.25) is 0 Å². The van der Waals surface area contributed by atoms with Gasteiger partial charge >= 0.3 is 0 Å². The summed E-state index contributed by atoms with van der Waals surface area (Å²) in [5.41, 5.74) is 2.54. The number of H-pyrrole nitrogens is 1. The van der Waals surface area contributed by atoms with Gasteiger partial charge < -0.3 is 9.72 Å². The highest BCUT2D eigenvalue weighted by Gasteiger charge is 2.29. The molecule has 1 atom stereocenters. The maximum atomic E-state index is 13.0. The zero-order valence-electron chi connectivity index (χ0n) is 21.8. The van der Waals surface area contributed by atoms with E-state index in [2.05, 4.69) is 71.0 Å². The van der Waals surface area contributed by atoms with E-state index in [9.17, 15) is 4.79 Å². The predicted molar refractivity (Wildman–Crippen MR) is 137 cm³/mol. The van der Waals surface area contributed by atoms with Crippen molar-refractivity contribution in [2.75, 3.05) is 39.4 Å². The first kappa shape index (κ1) is 25.5. The van der Waals surface area contributed by atoms with Crippen molar-refractivity contribution in [1.82, 2.24) is 35.0 Å². The summed E-state index contributed by atoms with van der Waals surface area (Å²) in [5.74, 6) is 0.847. The lowest BCUT2D eigenvalue weighted by molar-refractivity contribution is 0.0348. The van der Waals surface area contributed by atoms with Crippen molar-refractivity contribution in [2.45, 2.75) is 65.6 Å². The normalized spacial score (nSPS) is 16.3. The zero-order valence-corrected chi connectivity index (χ0v) is 21.8. The Kier molecular flexibility index (Phi) is 7.98. The summed E-state index contributed by atoms with van der Waals surface area (Å²) in [4.78, 5) is 21.0. The van der Waals surface area contributed by atoms with Crippen LogP contribution in [0.1, 0.15) is 63.5 Å². The molecule has 2 aromatic heterocycles. The van der Waals surface area contributed by atoms with Crippen molar-refractivity contribution in [2.24, 2.45) is 0 Å². The molecule has 1 unspecified atom stereocenters. The van der Waals surface area contributed by atoms with E-state index in [1.165, 1.54) is 5.56 Å². The van der Waals surface area contributed by atoms with E-state index >= 15 is 0 Å². The topological polar surface area (TPSA) is 92.2 Å². The van der Waals surface area contributed by atoms with Crippen LogP contribution in [0.25, 0.3) is 10.9 Å². The van der Waals surface area contributed by atoms with Crippen LogP contribution in [0.3, 0.4) is 0 Å². The van der Waals surface area contributed by atoms with Crippen LogP contribution in [0, 0.1) is 6.92 Å². The molecule has 1 N–H and O–H groups in total. The third-order valence-electron chi connectivity index (χ3n) is 6.73. The van der Waals surface area contributed by atoms with Crippen LogP contribution < -0.4 is 5.56 Å². The van der Waals surface area contributed by atoms with E-state index in [4.69, 9.17) is 4.74 Å². The SMILES string of the molecule is CCC(c1nnnn1C(C)(C)C)N(CCCN1CCOCC1)Cc1cc2cc(C)ccc2[nH]c1=O. The van der Waals surface area contributed by atoms with Crippen LogP contribution in [0.15, 0.2) is 29.1 Å². The summed E-state index contributed by atoms with van der Waals surface area (Å²) in [5, 5.41) is 13.8. The molecule has 3 aromatic rings. The first-order chi connectivity index (χ1) is 16.8. The Bertz CT molecular complexity index is 1170. The number of morpholine rings is 1. The van der Waals surface area contributed by atoms with Crippen LogP contribution in [-0.2, 0) is 16.8 Å². The van der Waals surface area contributed by atoms with Crippen molar-refractivity contribution in [3.63, 3.8) is 0 Å². The van der Waals surface area contributed by atoms with Crippen molar-refractivity contribution < 1.29 is 4.74 Å². The number of nitrogens with one attached hydrogen (secondary N) is 1. The van der Waals surface area contributed by atoms with E-state index in [0.29, 0.717) is 6.54 Å². The molecule has 35 heavy (non-hydrogen) atoms. The van der Waals surface area contributed by atoms with Crippen LogP contribution in [-0.4, -0.2) is 74.4 Å². The van der Waals surface area contributed by atoms with Crippen molar-refractivity contribution in [3.8, 4) is 0 Å². The molecule has 0 saturated carbocycles. The average molecular weight is 482 g/mol. The van der Waals surface area contributed by atoms with Crippen LogP contribution >= 0.6 is 0 Å². The van der Waals surface area contributed by atoms with E-state index in [1.807, 2.05) is 22.9 Å². The van der Waals surface area contributed by atoms with Gasteiger partial charge in [0.25, 0.3) is 5.56 Å². The van der Waals surface area contributed by atoms with Gasteiger partial charge in [-0.1, -0.05) is 18.6 Å². The van der Waals surface area contributed by atoms with Gasteiger partial charge in [0.15, 0.2) is 5.82 Å². The number of hydrogen-bond donors (Lipinski definition) is 1. The second-order valence-electron chi connectivity index (χ2n) is 10.5. The van der Waals surface area contributed by atoms with Gasteiger partial charge in [-0.05, 0) is 81.1 Å². The summed E-state index contributed by atoms with van der Waals surface area (Å²) < 4.78 is 7.42. The summed E-state index contributed by atoms with van der Waals surface area (Å²) in [6, 6.07) is 8.16. The zero-order chi connectivity index (χ0) is 25.0. The fraction of sp³-hybridized carbons (Fsp3) is 0.615. The number of pyridine rings is 1. The molecule has 1 aliphatic rings. The number of fused-ring (bicyclic) bond motifs is 1. The second-order valence-corrected chi connectivity index (χ2v) is 10.5. The lowest BCUT2D eigenvalue weighted by atomic mass is 10.1. The van der Waals surface area contributed by atoms with Gasteiger partial charge in [0.1, 0.15) is 0 Å². The minimum Gasteiger partial charge on any atom is -0.379 e. The van der Waals surface area contributed by atoms with Gasteiger partial charge in [-0.2, -0.15) is 0 Å². The van der Waals surface area contributed by atoms with Gasteiger partial charge in [-0.15, -0.1) is 5.10 Å². The molecule has 1 fully saturated rings. The predicted octanol–water partition coefficient (Wildman–Crippen LogP) is 3.25. The highest BCUT2D eigenvalue weighted by Crippen LogP contribution is 2.27. The van der Waals surface area contributed by atoms with Crippen LogP contribution in [0.5, 0.6) is 0 Å². The molecule has 0 spiro atoms. The largest absolute Gasteiger partial charge is 0.379 e. The summed E-state index contributed by atoms with van der Waals surface area (Å²) in [6.45, 7) is 16.5. The first-order valence-electron chi connectivity index (χ1n) is 12.7. The smallest absolute Gasteiger partial charge is 0.252 e. The lowest BCUT2D eigenvalue weighted by Gasteiger charge is -2.33. The molecule has 0 amide bonds. The number of aromatic amines is 1. The van der Waals surface area contributed by atoms with Gasteiger partial charge in [0.05, 0.1) is 24.8 Å². The number of tetrazole rings is 1. The Morgan fingerprint density at radius 2 is 1.97 bits per heavy atom. The molecule has 3 heterocycles. The third-order valence-corrected chi connectivity index (χ3v) is 6.73. The molecule has 9 heteroatoms. The first-order valence-corrected chi connectivity index (χ1v) is 12.7. The molecule has 0 radical (unpaired) electrons. The Balaban J connectivity index is 1.63. The minimum atomic E-state index is -0.232. The summed E-state index contributed by atoms with van der Waals surface area (Å²) in [6.07, 6.45) is 1.84. The molecule has 190 valence electrons. The number of hydrogen-bond acceptors (Lipinski definition) is 7. The van der Waals surface area contributed by atoms with E-state index < -0.39 is 0 Å². The fourth-order valence-electron chi connectivity index (χ4n) is 4.86. The van der Waals surface area contributed by atoms with Crippen LogP contribution in [0.4, 0.5) is 0 Å². The van der Waals surface area contributed by atoms with Gasteiger partial charge in [0, 0.05) is 37.3 Å². The maximum Gasteiger partial charge on any atom is 0.252 e. The van der Waals surface area contributed by atoms with Crippen molar-refractivity contribution in [1.29, 1.82) is 0 Å². The minimum absolute atomic E-state index is 0.00141. The monoisotopic (exact) mass is 481 g/mol. The lowest BCUT2D eigenvalue weighted by Crippen LogP contribution is -2.39. The number of aromatic nitrogens is 5. The number of aryl methyl sites for hydroxylation is 1. The highest BCUT2D eigenvalue weighted by atomic mass is 16.5. The number of rotatable bonds is 9. The van der Waals surface area contributed by atoms with Gasteiger partial charge in [-0.3, -0.25) is 14.6 Å². The fourth-order valence-corrected chi connectivity index (χ4v) is 4.86.